The number of aryl methyl sites for hydroxylation is 1. The highest BCUT2D eigenvalue weighted by Crippen LogP contribution is 2.63. The molecule has 30 heavy (non-hydrogen) atoms. The molecule has 0 amide bonds. The molecule has 1 aromatic heterocycles. The molecule has 0 spiro atoms. The third-order valence-electron chi connectivity index (χ3n) is 4.38. The molecule has 0 saturated heterocycles. The number of aromatic hydroxyl groups is 1. The molecule has 2 rings (SSSR count). The Balaban J connectivity index is 2.59. The lowest BCUT2D eigenvalue weighted by Crippen LogP contribution is -2.16. The van der Waals surface area contributed by atoms with E-state index in [1.807, 2.05) is 46.8 Å². The number of pyridine rings is 1. The Kier molecular flexibility index (Phi) is 8.30. The minimum atomic E-state index is -3.59. The molecule has 0 aliphatic carbocycles. The van der Waals surface area contributed by atoms with Crippen LogP contribution in [0.4, 0.5) is 0 Å². The molecule has 1 atom stereocenters. The summed E-state index contributed by atoms with van der Waals surface area (Å²) in [7, 11) is -0.654. The third kappa shape index (κ3) is 5.97. The minimum absolute atomic E-state index is 0.0858. The van der Waals surface area contributed by atoms with E-state index < -0.39 is 13.3 Å². The van der Waals surface area contributed by atoms with Crippen LogP contribution in [-0.4, -0.2) is 36.5 Å². The van der Waals surface area contributed by atoms with Crippen molar-refractivity contribution in [2.75, 3.05) is 14.2 Å². The molecular weight excluding hydrogens is 405 g/mol. The Labute approximate surface area is 178 Å². The molecule has 0 aliphatic heterocycles. The van der Waals surface area contributed by atoms with Crippen LogP contribution in [0.5, 0.6) is 17.2 Å². The van der Waals surface area contributed by atoms with E-state index in [1.54, 1.807) is 18.3 Å². The summed E-state index contributed by atoms with van der Waals surface area (Å²) < 4.78 is 36.4. The number of phenols is 1. The molecule has 0 radical (unpaired) electrons. The maximum Gasteiger partial charge on any atom is 0.338 e. The highest BCUT2D eigenvalue weighted by molar-refractivity contribution is 7.54. The van der Waals surface area contributed by atoms with Crippen LogP contribution in [0, 0.1) is 6.92 Å². The summed E-state index contributed by atoms with van der Waals surface area (Å²) in [5.41, 5.74) is 1.76. The predicted octanol–water partition coefficient (Wildman–Crippen LogP) is 5.44. The lowest BCUT2D eigenvalue weighted by molar-refractivity contribution is 0.136. The zero-order valence-electron chi connectivity index (χ0n) is 18.7. The van der Waals surface area contributed by atoms with E-state index >= 15 is 0 Å². The van der Waals surface area contributed by atoms with Crippen molar-refractivity contribution in [1.29, 1.82) is 0 Å². The molecule has 0 saturated carbocycles. The number of aromatic nitrogens is 1. The van der Waals surface area contributed by atoms with Crippen LogP contribution < -0.4 is 9.47 Å². The van der Waals surface area contributed by atoms with Gasteiger partial charge in [0.15, 0.2) is 11.5 Å². The number of hydrogen-bond acceptors (Lipinski definition) is 7. The summed E-state index contributed by atoms with van der Waals surface area (Å²) in [6.45, 7) is 9.20. The predicted molar refractivity (Wildman–Crippen MR) is 117 cm³/mol. The molecular formula is C22H32NO6P. The van der Waals surface area contributed by atoms with Crippen molar-refractivity contribution < 1.29 is 28.2 Å². The van der Waals surface area contributed by atoms with E-state index in [-0.39, 0.29) is 29.5 Å². The molecule has 7 nitrogen and oxygen atoms in total. The zero-order valence-corrected chi connectivity index (χ0v) is 19.6. The Morgan fingerprint density at radius 3 is 1.93 bits per heavy atom. The monoisotopic (exact) mass is 437 g/mol. The van der Waals surface area contributed by atoms with Gasteiger partial charge < -0.3 is 23.6 Å². The molecule has 0 aliphatic rings. The van der Waals surface area contributed by atoms with E-state index in [1.165, 1.54) is 14.2 Å². The first kappa shape index (κ1) is 24.2. The van der Waals surface area contributed by atoms with Crippen LogP contribution >= 0.6 is 7.60 Å². The van der Waals surface area contributed by atoms with Crippen LogP contribution in [0.3, 0.4) is 0 Å². The largest absolute Gasteiger partial charge is 0.502 e. The van der Waals surface area contributed by atoms with Gasteiger partial charge in [0.25, 0.3) is 0 Å². The first-order chi connectivity index (χ1) is 14.1. The smallest absolute Gasteiger partial charge is 0.338 e. The number of nitrogens with zero attached hydrogens (tertiary/aromatic N) is 1. The molecule has 0 fully saturated rings. The van der Waals surface area contributed by atoms with Gasteiger partial charge in [-0.05, 0) is 70.4 Å². The number of ether oxygens (including phenoxy) is 2. The number of rotatable bonds is 10. The topological polar surface area (TPSA) is 87.1 Å². The van der Waals surface area contributed by atoms with Gasteiger partial charge in [-0.3, -0.25) is 9.55 Å². The first-order valence-electron chi connectivity index (χ1n) is 9.92. The van der Waals surface area contributed by atoms with Gasteiger partial charge in [-0.1, -0.05) is 6.07 Å². The van der Waals surface area contributed by atoms with Gasteiger partial charge >= 0.3 is 7.60 Å². The van der Waals surface area contributed by atoms with Crippen molar-refractivity contribution in [3.05, 3.63) is 47.3 Å². The van der Waals surface area contributed by atoms with E-state index in [0.717, 1.165) is 16.8 Å². The fourth-order valence-electron chi connectivity index (χ4n) is 3.14. The number of hydrogen-bond donors (Lipinski definition) is 1. The summed E-state index contributed by atoms with van der Waals surface area (Å²) in [6, 6.07) is 7.15. The van der Waals surface area contributed by atoms with Gasteiger partial charge in [-0.25, -0.2) is 0 Å². The second kappa shape index (κ2) is 10.3. The van der Waals surface area contributed by atoms with Gasteiger partial charge in [0.1, 0.15) is 0 Å². The number of methoxy groups -OCH3 is 2. The van der Waals surface area contributed by atoms with Crippen molar-refractivity contribution in [3.63, 3.8) is 0 Å². The standard InChI is InChI=1S/C22H32NO6P/c1-14(2)28-30(25,29-15(3)4)21(18-9-8-16(5)23-13-18)12-17-10-19(26-6)22(24)20(11-17)27-7/h8-11,13-15,21,24H,12H2,1-7H3. The number of benzene rings is 1. The fraction of sp³-hybridized carbons (Fsp3) is 0.500. The summed E-state index contributed by atoms with van der Waals surface area (Å²) in [6.07, 6.45) is 1.43. The SMILES string of the molecule is COc1cc(CC(c2ccc(C)nc2)P(=O)(OC(C)C)OC(C)C)cc(OC)c1O. The molecule has 2 aromatic rings. The maximum absolute atomic E-state index is 14.0. The molecule has 1 aromatic carbocycles. The van der Waals surface area contributed by atoms with Gasteiger partial charge in [0.05, 0.1) is 32.1 Å². The van der Waals surface area contributed by atoms with Gasteiger partial charge in [-0.2, -0.15) is 0 Å². The van der Waals surface area contributed by atoms with E-state index in [0.29, 0.717) is 6.42 Å². The maximum atomic E-state index is 14.0. The number of phenolic OH excluding ortho intramolecular Hbond substituents is 1. The quantitative estimate of drug-likeness (QED) is 0.495. The molecule has 1 unspecified atom stereocenters. The molecule has 1 heterocycles. The van der Waals surface area contributed by atoms with Crippen molar-refractivity contribution in [1.82, 2.24) is 4.98 Å². The van der Waals surface area contributed by atoms with Gasteiger partial charge in [0, 0.05) is 11.9 Å². The van der Waals surface area contributed by atoms with Crippen LogP contribution in [0.2, 0.25) is 0 Å². The Morgan fingerprint density at radius 2 is 1.53 bits per heavy atom. The Hall–Kier alpha value is -2.08. The highest BCUT2D eigenvalue weighted by Gasteiger charge is 2.39. The summed E-state index contributed by atoms with van der Waals surface area (Å²) >= 11 is 0. The fourth-order valence-corrected chi connectivity index (χ4v) is 5.61. The normalized spacial score (nSPS) is 13.0. The van der Waals surface area contributed by atoms with Crippen LogP contribution in [0.1, 0.15) is 50.2 Å². The van der Waals surface area contributed by atoms with Crippen molar-refractivity contribution in [3.8, 4) is 17.2 Å². The first-order valence-corrected chi connectivity index (χ1v) is 11.5. The summed E-state index contributed by atoms with van der Waals surface area (Å²) in [5, 5.41) is 10.2. The van der Waals surface area contributed by atoms with Gasteiger partial charge in [-0.15, -0.1) is 0 Å². The Morgan fingerprint density at radius 1 is 1.00 bits per heavy atom. The summed E-state index contributed by atoms with van der Waals surface area (Å²) in [5.74, 6) is 0.460. The van der Waals surface area contributed by atoms with E-state index in [2.05, 4.69) is 4.98 Å². The summed E-state index contributed by atoms with van der Waals surface area (Å²) in [4.78, 5) is 4.37. The highest BCUT2D eigenvalue weighted by atomic mass is 31.2. The second-order valence-corrected chi connectivity index (χ2v) is 9.77. The second-order valence-electron chi connectivity index (χ2n) is 7.65. The lowest BCUT2D eigenvalue weighted by Gasteiger charge is -2.30. The molecule has 0 bridgehead atoms. The average Bonchev–Trinajstić information content (AvgIpc) is 2.66. The van der Waals surface area contributed by atoms with E-state index in [4.69, 9.17) is 18.5 Å². The van der Waals surface area contributed by atoms with Crippen LogP contribution in [0.15, 0.2) is 30.5 Å². The van der Waals surface area contributed by atoms with E-state index in [9.17, 15) is 9.67 Å². The van der Waals surface area contributed by atoms with Crippen LogP contribution in [0.25, 0.3) is 0 Å². The van der Waals surface area contributed by atoms with Crippen LogP contribution in [-0.2, 0) is 20.0 Å². The molecule has 1 N–H and O–H groups in total. The van der Waals surface area contributed by atoms with Crippen molar-refractivity contribution in [2.24, 2.45) is 0 Å². The van der Waals surface area contributed by atoms with Crippen molar-refractivity contribution >= 4 is 7.60 Å². The third-order valence-corrected chi connectivity index (χ3v) is 7.06. The van der Waals surface area contributed by atoms with Crippen molar-refractivity contribution in [2.45, 2.75) is 58.9 Å². The molecule has 8 heteroatoms. The lowest BCUT2D eigenvalue weighted by atomic mass is 10.0. The minimum Gasteiger partial charge on any atom is -0.502 e. The average molecular weight is 437 g/mol. The Bertz CT molecular complexity index is 843. The van der Waals surface area contributed by atoms with Gasteiger partial charge in [0.2, 0.25) is 5.75 Å². The molecule has 166 valence electrons. The zero-order chi connectivity index (χ0) is 22.5.